The second-order valence-corrected chi connectivity index (χ2v) is 7.51. The molecule has 0 saturated carbocycles. The van der Waals surface area contributed by atoms with Crippen LogP contribution in [-0.2, 0) is 4.79 Å². The molecule has 2 aromatic carbocycles. The van der Waals surface area contributed by atoms with E-state index >= 15 is 0 Å². The molecule has 1 aliphatic rings. The second-order valence-electron chi connectivity index (χ2n) is 6.34. The molecule has 3 N–H and O–H groups in total. The van der Waals surface area contributed by atoms with E-state index in [4.69, 9.17) is 4.99 Å². The molecule has 0 bridgehead atoms. The van der Waals surface area contributed by atoms with Gasteiger partial charge in [-0.3, -0.25) is 9.79 Å². The molecule has 1 atom stereocenters. The van der Waals surface area contributed by atoms with Crippen molar-refractivity contribution in [3.05, 3.63) is 60.2 Å². The van der Waals surface area contributed by atoms with Crippen LogP contribution in [0.2, 0.25) is 0 Å². The summed E-state index contributed by atoms with van der Waals surface area (Å²) in [6.07, 6.45) is 0.476. The van der Waals surface area contributed by atoms with Gasteiger partial charge in [0.15, 0.2) is 5.96 Å². The van der Waals surface area contributed by atoms with Gasteiger partial charge < -0.3 is 16.0 Å². The number of hydrogen-bond acceptors (Lipinski definition) is 3. The molecule has 0 aliphatic carbocycles. The highest BCUT2D eigenvalue weighted by molar-refractivity contribution is 14.0. The fourth-order valence-corrected chi connectivity index (χ4v) is 3.85. The average Bonchev–Trinajstić information content (AvgIpc) is 2.69. The Bertz CT molecular complexity index is 785. The van der Waals surface area contributed by atoms with Crippen LogP contribution in [0.25, 0.3) is 0 Å². The lowest BCUT2D eigenvalue weighted by molar-refractivity contribution is -0.116. The zero-order valence-electron chi connectivity index (χ0n) is 16.0. The van der Waals surface area contributed by atoms with Gasteiger partial charge in [-0.25, -0.2) is 0 Å². The summed E-state index contributed by atoms with van der Waals surface area (Å²) in [7, 11) is 0. The minimum Gasteiger partial charge on any atom is -0.357 e. The molecule has 7 heteroatoms. The number of benzene rings is 2. The fourth-order valence-electron chi connectivity index (χ4n) is 3.06. The first-order valence-electron chi connectivity index (χ1n) is 9.35. The van der Waals surface area contributed by atoms with E-state index in [1.807, 2.05) is 36.0 Å². The summed E-state index contributed by atoms with van der Waals surface area (Å²) >= 11 is 1.82. The van der Waals surface area contributed by atoms with Gasteiger partial charge in [0, 0.05) is 41.8 Å². The molecule has 0 aromatic heterocycles. The number of amides is 1. The van der Waals surface area contributed by atoms with Crippen LogP contribution >= 0.6 is 35.7 Å². The topological polar surface area (TPSA) is 65.5 Å². The Kier molecular flexibility index (Phi) is 9.63. The zero-order valence-corrected chi connectivity index (χ0v) is 19.1. The molecular formula is C21H27IN4OS. The number of fused-ring (bicyclic) bond motifs is 1. The Labute approximate surface area is 188 Å². The third-order valence-electron chi connectivity index (χ3n) is 4.33. The van der Waals surface area contributed by atoms with Crippen molar-refractivity contribution in [3.63, 3.8) is 0 Å². The highest BCUT2D eigenvalue weighted by Crippen LogP contribution is 2.31. The number of halogens is 1. The summed E-state index contributed by atoms with van der Waals surface area (Å²) in [5, 5.41) is 9.61. The van der Waals surface area contributed by atoms with E-state index in [9.17, 15) is 4.79 Å². The van der Waals surface area contributed by atoms with E-state index in [1.165, 1.54) is 4.90 Å². The van der Waals surface area contributed by atoms with Gasteiger partial charge in [-0.15, -0.1) is 35.7 Å². The van der Waals surface area contributed by atoms with Gasteiger partial charge >= 0.3 is 0 Å². The summed E-state index contributed by atoms with van der Waals surface area (Å²) in [6.45, 7) is 4.28. The molecule has 0 radical (unpaired) electrons. The van der Waals surface area contributed by atoms with E-state index < -0.39 is 0 Å². The van der Waals surface area contributed by atoms with Gasteiger partial charge in [0.1, 0.15) is 0 Å². The number of nitrogens with zero attached hydrogens (tertiary/aromatic N) is 1. The van der Waals surface area contributed by atoms with Gasteiger partial charge in [-0.05, 0) is 30.7 Å². The Hall–Kier alpha value is -1.74. The quantitative estimate of drug-likeness (QED) is 0.173. The van der Waals surface area contributed by atoms with E-state index in [1.54, 1.807) is 0 Å². The normalized spacial score (nSPS) is 15.8. The van der Waals surface area contributed by atoms with Crippen molar-refractivity contribution in [2.45, 2.75) is 24.2 Å². The maximum Gasteiger partial charge on any atom is 0.225 e. The largest absolute Gasteiger partial charge is 0.357 e. The molecule has 0 fully saturated rings. The molecule has 2 aromatic rings. The van der Waals surface area contributed by atoms with Gasteiger partial charge in [0.25, 0.3) is 0 Å². The van der Waals surface area contributed by atoms with Crippen molar-refractivity contribution in [3.8, 4) is 0 Å². The number of para-hydroxylation sites is 1. The van der Waals surface area contributed by atoms with Crippen molar-refractivity contribution in [1.29, 1.82) is 0 Å². The van der Waals surface area contributed by atoms with Crippen LogP contribution in [0.15, 0.2) is 64.5 Å². The fraction of sp³-hybridized carbons (Fsp3) is 0.333. The van der Waals surface area contributed by atoms with Crippen molar-refractivity contribution in [1.82, 2.24) is 10.6 Å². The third kappa shape index (κ3) is 6.70. The second kappa shape index (κ2) is 12.0. The summed E-state index contributed by atoms with van der Waals surface area (Å²) < 4.78 is 0. The number of anilines is 1. The summed E-state index contributed by atoms with van der Waals surface area (Å²) in [6, 6.07) is 18.4. The lowest BCUT2D eigenvalue weighted by atomic mass is 9.91. The van der Waals surface area contributed by atoms with E-state index in [0.29, 0.717) is 13.0 Å². The van der Waals surface area contributed by atoms with Crippen molar-refractivity contribution < 1.29 is 4.79 Å². The first-order valence-corrected chi connectivity index (χ1v) is 10.3. The van der Waals surface area contributed by atoms with Crippen LogP contribution in [0.1, 0.15) is 24.8 Å². The monoisotopic (exact) mass is 510 g/mol. The van der Waals surface area contributed by atoms with Crippen LogP contribution in [0, 0.1) is 0 Å². The number of thioether (sulfide) groups is 1. The number of aliphatic imine (C=N–C) groups is 1. The van der Waals surface area contributed by atoms with Crippen molar-refractivity contribution in [2.24, 2.45) is 4.99 Å². The highest BCUT2D eigenvalue weighted by Gasteiger charge is 2.24. The molecule has 0 spiro atoms. The van der Waals surface area contributed by atoms with Gasteiger partial charge in [-0.1, -0.05) is 36.4 Å². The van der Waals surface area contributed by atoms with Crippen LogP contribution in [-0.4, -0.2) is 37.3 Å². The van der Waals surface area contributed by atoms with Crippen LogP contribution < -0.4 is 16.0 Å². The zero-order chi connectivity index (χ0) is 18.9. The van der Waals surface area contributed by atoms with Crippen LogP contribution in [0.5, 0.6) is 0 Å². The molecule has 28 heavy (non-hydrogen) atoms. The summed E-state index contributed by atoms with van der Waals surface area (Å²) in [4.78, 5) is 17.9. The molecule has 1 heterocycles. The lowest BCUT2D eigenvalue weighted by Crippen LogP contribution is -2.39. The maximum atomic E-state index is 12.0. The first kappa shape index (κ1) is 22.5. The number of guanidine groups is 1. The van der Waals surface area contributed by atoms with Gasteiger partial charge in [0.2, 0.25) is 5.91 Å². The van der Waals surface area contributed by atoms with E-state index in [0.717, 1.165) is 36.1 Å². The van der Waals surface area contributed by atoms with E-state index in [-0.39, 0.29) is 35.8 Å². The molecule has 150 valence electrons. The predicted molar refractivity (Wildman–Crippen MR) is 129 cm³/mol. The van der Waals surface area contributed by atoms with Gasteiger partial charge in [-0.2, -0.15) is 0 Å². The number of carbonyl (C=O) groups is 1. The average molecular weight is 510 g/mol. The van der Waals surface area contributed by atoms with Crippen LogP contribution in [0.3, 0.4) is 0 Å². The maximum absolute atomic E-state index is 12.0. The molecular weight excluding hydrogens is 483 g/mol. The molecule has 1 amide bonds. The smallest absolute Gasteiger partial charge is 0.225 e. The predicted octanol–water partition coefficient (Wildman–Crippen LogP) is 4.08. The summed E-state index contributed by atoms with van der Waals surface area (Å²) in [5.41, 5.74) is 2.07. The number of rotatable bonds is 7. The van der Waals surface area contributed by atoms with Crippen molar-refractivity contribution in [2.75, 3.05) is 30.7 Å². The minimum absolute atomic E-state index is 0. The Morgan fingerprint density at radius 3 is 2.68 bits per heavy atom. The molecule has 1 unspecified atom stereocenters. The first-order chi connectivity index (χ1) is 13.3. The minimum atomic E-state index is 0. The van der Waals surface area contributed by atoms with E-state index in [2.05, 4.69) is 53.2 Å². The molecule has 3 rings (SSSR count). The standard InChI is InChI=1S/C21H26N4OS.HI/c1-2-22-21(23-12-13-27-17-8-4-3-5-9-17)24-15-16-14-20(26)25-19-11-7-6-10-18(16)19;/h3-11,16H,2,12-15H2,1H3,(H,25,26)(H2,22,23,24);1H. The SMILES string of the molecule is CCNC(=NCC1CC(=O)Nc2ccccc21)NCCSc1ccccc1.I. The Morgan fingerprint density at radius 2 is 1.89 bits per heavy atom. The third-order valence-corrected chi connectivity index (χ3v) is 5.34. The Morgan fingerprint density at radius 1 is 1.14 bits per heavy atom. The number of hydrogen-bond donors (Lipinski definition) is 3. The van der Waals surface area contributed by atoms with Gasteiger partial charge in [0.05, 0.1) is 6.54 Å². The highest BCUT2D eigenvalue weighted by atomic mass is 127. The lowest BCUT2D eigenvalue weighted by Gasteiger charge is -2.24. The molecule has 1 aliphatic heterocycles. The molecule has 0 saturated heterocycles. The Balaban J connectivity index is 0.00000280. The number of nitrogens with one attached hydrogen (secondary N) is 3. The van der Waals surface area contributed by atoms with Crippen LogP contribution in [0.4, 0.5) is 5.69 Å². The van der Waals surface area contributed by atoms with Crippen molar-refractivity contribution >= 4 is 53.3 Å². The molecule has 5 nitrogen and oxygen atoms in total. The summed E-state index contributed by atoms with van der Waals surface area (Å²) in [5.74, 6) is 1.94. The number of carbonyl (C=O) groups excluding carboxylic acids is 1.